The molecule has 1 N–H and O–H groups in total. The molecule has 9 heteroatoms. The van der Waals surface area contributed by atoms with Crippen molar-refractivity contribution in [3.63, 3.8) is 0 Å². The van der Waals surface area contributed by atoms with Crippen LogP contribution in [0.5, 0.6) is 0 Å². The number of carbonyl (C=O) groups is 1. The normalized spacial score (nSPS) is 10.8. The van der Waals surface area contributed by atoms with Crippen molar-refractivity contribution in [1.29, 1.82) is 0 Å². The molecule has 0 aliphatic carbocycles. The molecule has 3 aromatic carbocycles. The Bertz CT molecular complexity index is 1300. The average molecular weight is 481 g/mol. The lowest BCUT2D eigenvalue weighted by atomic mass is 10.2. The highest BCUT2D eigenvalue weighted by atomic mass is 79.9. The lowest BCUT2D eigenvalue weighted by molar-refractivity contribution is -0.384. The van der Waals surface area contributed by atoms with Gasteiger partial charge in [0.15, 0.2) is 5.58 Å². The van der Waals surface area contributed by atoms with E-state index in [0.29, 0.717) is 27.2 Å². The Labute approximate surface area is 185 Å². The summed E-state index contributed by atoms with van der Waals surface area (Å²) in [5.74, 6) is 0.00290. The number of non-ortho nitro benzene ring substituents is 1. The van der Waals surface area contributed by atoms with Crippen LogP contribution in [0, 0.1) is 10.1 Å². The third kappa shape index (κ3) is 4.26. The van der Waals surface area contributed by atoms with Crippen LogP contribution in [0.2, 0.25) is 0 Å². The minimum atomic E-state index is -0.544. The van der Waals surface area contributed by atoms with Crippen LogP contribution in [-0.2, 0) is 0 Å². The van der Waals surface area contributed by atoms with Crippen LogP contribution in [0.25, 0.3) is 22.6 Å². The lowest BCUT2D eigenvalue weighted by Gasteiger charge is -2.11. The van der Waals surface area contributed by atoms with Crippen LogP contribution in [-0.4, -0.2) is 29.9 Å². The molecule has 8 nitrogen and oxygen atoms in total. The number of amides is 1. The zero-order chi connectivity index (χ0) is 22.1. The number of aromatic nitrogens is 1. The minimum absolute atomic E-state index is 0.162. The highest BCUT2D eigenvalue weighted by Gasteiger charge is 2.16. The summed E-state index contributed by atoms with van der Waals surface area (Å²) in [5, 5.41) is 13.7. The quantitative estimate of drug-likeness (QED) is 0.299. The van der Waals surface area contributed by atoms with Crippen LogP contribution < -0.4 is 10.2 Å². The van der Waals surface area contributed by atoms with Crippen LogP contribution in [0.1, 0.15) is 10.4 Å². The molecule has 0 radical (unpaired) electrons. The topological polar surface area (TPSA) is 102 Å². The number of halogens is 1. The Hall–Kier alpha value is -3.72. The molecule has 1 aromatic heterocycles. The first-order chi connectivity index (χ1) is 14.8. The van der Waals surface area contributed by atoms with Crippen molar-refractivity contribution < 1.29 is 14.1 Å². The summed E-state index contributed by atoms with van der Waals surface area (Å²) in [6.07, 6.45) is 0. The Morgan fingerprint density at radius 3 is 2.52 bits per heavy atom. The molecule has 4 rings (SSSR count). The molecule has 1 amide bonds. The van der Waals surface area contributed by atoms with E-state index in [9.17, 15) is 14.9 Å². The molecular formula is C22H17BrN4O4. The van der Waals surface area contributed by atoms with Gasteiger partial charge >= 0.3 is 0 Å². The number of nitrogens with zero attached hydrogens (tertiary/aromatic N) is 3. The number of nitro benzene ring substituents is 1. The van der Waals surface area contributed by atoms with E-state index < -0.39 is 10.8 Å². The average Bonchev–Trinajstić information content (AvgIpc) is 3.17. The summed E-state index contributed by atoms with van der Waals surface area (Å²) in [6, 6.07) is 17.0. The largest absolute Gasteiger partial charge is 0.436 e. The number of hydrogen-bond acceptors (Lipinski definition) is 6. The molecule has 4 aromatic rings. The third-order valence-corrected chi connectivity index (χ3v) is 5.37. The molecule has 0 fully saturated rings. The van der Waals surface area contributed by atoms with E-state index in [0.717, 1.165) is 11.3 Å². The number of oxazole rings is 1. The van der Waals surface area contributed by atoms with Gasteiger partial charge in [0.05, 0.1) is 10.5 Å². The Morgan fingerprint density at radius 2 is 1.84 bits per heavy atom. The fourth-order valence-corrected chi connectivity index (χ4v) is 3.46. The van der Waals surface area contributed by atoms with Gasteiger partial charge in [-0.3, -0.25) is 14.9 Å². The van der Waals surface area contributed by atoms with Crippen molar-refractivity contribution in [2.24, 2.45) is 0 Å². The standard InChI is InChI=1S/C22H17BrN4O4/c1-26(2)15-6-3-13(4-7-15)22-25-19-11-14(5-10-20(19)31-22)24-21(28)17-12-16(27(29)30)8-9-18(17)23/h3-12H,1-2H3,(H,24,28). The van der Waals surface area contributed by atoms with E-state index in [1.165, 1.54) is 18.2 Å². The molecule has 1 heterocycles. The van der Waals surface area contributed by atoms with Gasteiger partial charge < -0.3 is 14.6 Å². The molecule has 0 saturated carbocycles. The molecule has 0 bridgehead atoms. The zero-order valence-corrected chi connectivity index (χ0v) is 18.2. The Morgan fingerprint density at radius 1 is 1.10 bits per heavy atom. The molecule has 31 heavy (non-hydrogen) atoms. The van der Waals surface area contributed by atoms with Crippen LogP contribution in [0.15, 0.2) is 69.6 Å². The molecule has 0 aliphatic heterocycles. The maximum Gasteiger partial charge on any atom is 0.270 e. The molecule has 0 unspecified atom stereocenters. The van der Waals surface area contributed by atoms with Gasteiger partial charge in [-0.2, -0.15) is 0 Å². The SMILES string of the molecule is CN(C)c1ccc(-c2nc3cc(NC(=O)c4cc([N+](=O)[O-])ccc4Br)ccc3o2)cc1. The summed E-state index contributed by atoms with van der Waals surface area (Å²) in [6.45, 7) is 0. The number of anilines is 2. The number of nitrogens with one attached hydrogen (secondary N) is 1. The van der Waals surface area contributed by atoms with E-state index in [2.05, 4.69) is 26.2 Å². The first-order valence-corrected chi connectivity index (χ1v) is 10.0. The van der Waals surface area contributed by atoms with Crippen molar-refractivity contribution in [2.75, 3.05) is 24.3 Å². The molecule has 156 valence electrons. The van der Waals surface area contributed by atoms with Crippen LogP contribution >= 0.6 is 15.9 Å². The zero-order valence-electron chi connectivity index (χ0n) is 16.6. The van der Waals surface area contributed by atoms with Crippen LogP contribution in [0.3, 0.4) is 0 Å². The Kier molecular flexibility index (Phi) is 5.43. The fourth-order valence-electron chi connectivity index (χ4n) is 3.03. The van der Waals surface area contributed by atoms with Crippen LogP contribution in [0.4, 0.5) is 17.1 Å². The highest BCUT2D eigenvalue weighted by molar-refractivity contribution is 9.10. The lowest BCUT2D eigenvalue weighted by Crippen LogP contribution is -2.12. The van der Waals surface area contributed by atoms with Gasteiger partial charge in [-0.1, -0.05) is 0 Å². The molecule has 0 saturated heterocycles. The summed E-state index contributed by atoms with van der Waals surface area (Å²) < 4.78 is 6.30. The van der Waals surface area contributed by atoms with Crippen molar-refractivity contribution in [2.45, 2.75) is 0 Å². The first-order valence-electron chi connectivity index (χ1n) is 9.25. The Balaban J connectivity index is 1.59. The molecule has 0 spiro atoms. The maximum atomic E-state index is 12.6. The van der Waals surface area contributed by atoms with Crippen molar-refractivity contribution in [1.82, 2.24) is 4.98 Å². The van der Waals surface area contributed by atoms with Gasteiger partial charge in [0.25, 0.3) is 11.6 Å². The molecular weight excluding hydrogens is 464 g/mol. The first kappa shape index (κ1) is 20.5. The third-order valence-electron chi connectivity index (χ3n) is 4.68. The number of hydrogen-bond donors (Lipinski definition) is 1. The van der Waals surface area contributed by atoms with Gasteiger partial charge in [-0.15, -0.1) is 0 Å². The van der Waals surface area contributed by atoms with Crippen molar-refractivity contribution in [3.05, 3.63) is 80.8 Å². The predicted octanol–water partition coefficient (Wildman–Crippen LogP) is 5.48. The predicted molar refractivity (Wildman–Crippen MR) is 123 cm³/mol. The van der Waals surface area contributed by atoms with Gasteiger partial charge in [0, 0.05) is 47.6 Å². The number of carbonyl (C=O) groups excluding carboxylic acids is 1. The second kappa shape index (κ2) is 8.19. The number of benzene rings is 3. The van der Waals surface area contributed by atoms with Crippen molar-refractivity contribution >= 4 is 50.0 Å². The van der Waals surface area contributed by atoms with E-state index in [1.807, 2.05) is 43.3 Å². The monoisotopic (exact) mass is 480 g/mol. The molecule has 0 aliphatic rings. The summed E-state index contributed by atoms with van der Waals surface area (Å²) in [4.78, 5) is 29.6. The highest BCUT2D eigenvalue weighted by Crippen LogP contribution is 2.28. The smallest absolute Gasteiger partial charge is 0.270 e. The fraction of sp³-hybridized carbons (Fsp3) is 0.0909. The minimum Gasteiger partial charge on any atom is -0.436 e. The van der Waals surface area contributed by atoms with Gasteiger partial charge in [-0.25, -0.2) is 4.98 Å². The number of fused-ring (bicyclic) bond motifs is 1. The van der Waals surface area contributed by atoms with E-state index >= 15 is 0 Å². The van der Waals surface area contributed by atoms with Gasteiger partial charge in [-0.05, 0) is 64.5 Å². The maximum absolute atomic E-state index is 12.6. The number of nitro groups is 1. The van der Waals surface area contributed by atoms with E-state index in [-0.39, 0.29) is 11.3 Å². The summed E-state index contributed by atoms with van der Waals surface area (Å²) >= 11 is 3.26. The van der Waals surface area contributed by atoms with Gasteiger partial charge in [0.2, 0.25) is 5.89 Å². The molecule has 0 atom stereocenters. The van der Waals surface area contributed by atoms with E-state index in [4.69, 9.17) is 4.42 Å². The van der Waals surface area contributed by atoms with Crippen molar-refractivity contribution in [3.8, 4) is 11.5 Å². The second-order valence-electron chi connectivity index (χ2n) is 7.02. The number of rotatable bonds is 5. The van der Waals surface area contributed by atoms with Gasteiger partial charge in [0.1, 0.15) is 5.52 Å². The second-order valence-corrected chi connectivity index (χ2v) is 7.87. The summed E-state index contributed by atoms with van der Waals surface area (Å²) in [5.41, 5.74) is 3.58. The van der Waals surface area contributed by atoms with E-state index in [1.54, 1.807) is 18.2 Å². The summed E-state index contributed by atoms with van der Waals surface area (Å²) in [7, 11) is 3.94.